The lowest BCUT2D eigenvalue weighted by Gasteiger charge is -2.51. The molecule has 0 saturated carbocycles. The summed E-state index contributed by atoms with van der Waals surface area (Å²) in [5, 5.41) is 0. The van der Waals surface area contributed by atoms with E-state index in [-0.39, 0.29) is 5.41 Å². The molecule has 0 aromatic heterocycles. The van der Waals surface area contributed by atoms with Crippen LogP contribution in [0, 0.1) is 17.3 Å². The van der Waals surface area contributed by atoms with Crippen molar-refractivity contribution in [3.05, 3.63) is 12.2 Å². The average Bonchev–Trinajstić information content (AvgIpc) is 2.63. The molecule has 86 valence electrons. The van der Waals surface area contributed by atoms with Gasteiger partial charge < -0.3 is 9.47 Å². The maximum absolute atomic E-state index is 5.87. The molecule has 0 spiro atoms. The molecular weight excluding hydrogens is 188 g/mol. The monoisotopic (exact) mass is 210 g/mol. The molecule has 2 heteroatoms. The second-order valence-corrected chi connectivity index (χ2v) is 5.28. The third-order valence-electron chi connectivity index (χ3n) is 4.70. The van der Waals surface area contributed by atoms with Gasteiger partial charge in [-0.05, 0) is 25.2 Å². The van der Waals surface area contributed by atoms with E-state index in [0.717, 1.165) is 19.6 Å². The minimum atomic E-state index is -0.406. The summed E-state index contributed by atoms with van der Waals surface area (Å²) in [6, 6.07) is 0. The van der Waals surface area contributed by atoms with Gasteiger partial charge in [-0.3, -0.25) is 0 Å². The normalized spacial score (nSPS) is 44.5. The zero-order chi connectivity index (χ0) is 11.1. The van der Waals surface area contributed by atoms with E-state index in [1.165, 1.54) is 0 Å². The van der Waals surface area contributed by atoms with Gasteiger partial charge in [0.15, 0.2) is 5.79 Å². The Morgan fingerprint density at radius 1 is 1.13 bits per heavy atom. The van der Waals surface area contributed by atoms with E-state index in [4.69, 9.17) is 9.47 Å². The van der Waals surface area contributed by atoms with Gasteiger partial charge in [-0.1, -0.05) is 32.9 Å². The van der Waals surface area contributed by atoms with Crippen LogP contribution < -0.4 is 0 Å². The number of hydrogen-bond donors (Lipinski definition) is 0. The molecule has 0 aromatic carbocycles. The average molecular weight is 210 g/mol. The quantitative estimate of drug-likeness (QED) is 0.619. The number of allylic oxidation sites excluding steroid dienone is 2. The molecule has 0 bridgehead atoms. The van der Waals surface area contributed by atoms with Gasteiger partial charge in [0.1, 0.15) is 0 Å². The first-order chi connectivity index (χ1) is 7.01. The Labute approximate surface area is 92.6 Å². The van der Waals surface area contributed by atoms with E-state index in [0.29, 0.717) is 11.8 Å². The SMILES string of the molecule is CC1C=CC[C@@H](C)[C@]1(C)C1(C)OCCO1. The third kappa shape index (κ3) is 1.46. The zero-order valence-electron chi connectivity index (χ0n) is 10.2. The van der Waals surface area contributed by atoms with Crippen LogP contribution in [0.15, 0.2) is 12.2 Å². The fraction of sp³-hybridized carbons (Fsp3) is 0.846. The van der Waals surface area contributed by atoms with Crippen LogP contribution in [0.25, 0.3) is 0 Å². The van der Waals surface area contributed by atoms with Gasteiger partial charge in [0, 0.05) is 5.41 Å². The van der Waals surface area contributed by atoms with Crippen molar-refractivity contribution in [3.8, 4) is 0 Å². The third-order valence-corrected chi connectivity index (χ3v) is 4.70. The smallest absolute Gasteiger partial charge is 0.171 e. The summed E-state index contributed by atoms with van der Waals surface area (Å²) in [6.45, 7) is 10.4. The van der Waals surface area contributed by atoms with Crippen molar-refractivity contribution in [2.45, 2.75) is 39.9 Å². The first kappa shape index (κ1) is 11.2. The van der Waals surface area contributed by atoms with Gasteiger partial charge in [-0.2, -0.15) is 0 Å². The maximum Gasteiger partial charge on any atom is 0.171 e. The van der Waals surface area contributed by atoms with Crippen molar-refractivity contribution in [3.63, 3.8) is 0 Å². The van der Waals surface area contributed by atoms with E-state index >= 15 is 0 Å². The summed E-state index contributed by atoms with van der Waals surface area (Å²) in [6.07, 6.45) is 5.72. The molecule has 1 unspecified atom stereocenters. The molecule has 1 aliphatic heterocycles. The summed E-state index contributed by atoms with van der Waals surface area (Å²) < 4.78 is 11.7. The minimum Gasteiger partial charge on any atom is -0.347 e. The van der Waals surface area contributed by atoms with Crippen molar-refractivity contribution in [2.75, 3.05) is 13.2 Å². The molecule has 2 rings (SSSR count). The summed E-state index contributed by atoms with van der Waals surface area (Å²) in [4.78, 5) is 0. The van der Waals surface area contributed by atoms with E-state index in [2.05, 4.69) is 39.8 Å². The predicted octanol–water partition coefficient (Wildman–Crippen LogP) is 2.99. The van der Waals surface area contributed by atoms with Crippen LogP contribution >= 0.6 is 0 Å². The Morgan fingerprint density at radius 2 is 1.73 bits per heavy atom. The molecule has 2 nitrogen and oxygen atoms in total. The van der Waals surface area contributed by atoms with Crippen LogP contribution in [-0.4, -0.2) is 19.0 Å². The molecule has 1 saturated heterocycles. The highest BCUT2D eigenvalue weighted by molar-refractivity contribution is 5.09. The summed E-state index contributed by atoms with van der Waals surface area (Å²) >= 11 is 0. The molecule has 3 atom stereocenters. The zero-order valence-corrected chi connectivity index (χ0v) is 10.2. The van der Waals surface area contributed by atoms with Crippen molar-refractivity contribution in [1.82, 2.24) is 0 Å². The Morgan fingerprint density at radius 3 is 2.27 bits per heavy atom. The molecule has 1 heterocycles. The second-order valence-electron chi connectivity index (χ2n) is 5.28. The van der Waals surface area contributed by atoms with Crippen LogP contribution in [0.5, 0.6) is 0 Å². The molecule has 1 aliphatic carbocycles. The molecule has 1 fully saturated rings. The number of hydrogen-bond acceptors (Lipinski definition) is 2. The highest BCUT2D eigenvalue weighted by Gasteiger charge is 2.55. The van der Waals surface area contributed by atoms with Crippen LogP contribution in [-0.2, 0) is 9.47 Å². The van der Waals surface area contributed by atoms with Gasteiger partial charge in [0.05, 0.1) is 13.2 Å². The van der Waals surface area contributed by atoms with E-state index in [1.807, 2.05) is 0 Å². The summed E-state index contributed by atoms with van der Waals surface area (Å²) in [5.74, 6) is 0.696. The molecular formula is C13H22O2. The van der Waals surface area contributed by atoms with Crippen molar-refractivity contribution in [2.24, 2.45) is 17.3 Å². The fourth-order valence-electron chi connectivity index (χ4n) is 3.07. The lowest BCUT2D eigenvalue weighted by atomic mass is 9.60. The first-order valence-corrected chi connectivity index (χ1v) is 5.95. The fourth-order valence-corrected chi connectivity index (χ4v) is 3.07. The van der Waals surface area contributed by atoms with E-state index in [1.54, 1.807) is 0 Å². The molecule has 15 heavy (non-hydrogen) atoms. The molecule has 0 N–H and O–H groups in total. The van der Waals surface area contributed by atoms with Crippen molar-refractivity contribution in [1.29, 1.82) is 0 Å². The summed E-state index contributed by atoms with van der Waals surface area (Å²) in [5.41, 5.74) is 0.0816. The molecule has 0 radical (unpaired) electrons. The van der Waals surface area contributed by atoms with Gasteiger partial charge in [0.2, 0.25) is 0 Å². The van der Waals surface area contributed by atoms with E-state index < -0.39 is 5.79 Å². The Balaban J connectivity index is 2.34. The second kappa shape index (κ2) is 3.60. The lowest BCUT2D eigenvalue weighted by molar-refractivity contribution is -0.248. The van der Waals surface area contributed by atoms with Crippen LogP contribution in [0.1, 0.15) is 34.1 Å². The van der Waals surface area contributed by atoms with Crippen LogP contribution in [0.3, 0.4) is 0 Å². The standard InChI is InChI=1S/C13H22O2/c1-10-6-5-7-11(2)12(10,3)13(4)14-8-9-15-13/h5-6,10-11H,7-9H2,1-4H3/t10?,11-,12-/m1/s1. The molecule has 2 aliphatic rings. The maximum atomic E-state index is 5.87. The van der Waals surface area contributed by atoms with E-state index in [9.17, 15) is 0 Å². The first-order valence-electron chi connectivity index (χ1n) is 5.95. The van der Waals surface area contributed by atoms with Crippen LogP contribution in [0.2, 0.25) is 0 Å². The Kier molecular flexibility index (Phi) is 2.68. The lowest BCUT2D eigenvalue weighted by Crippen LogP contribution is -2.53. The molecule has 0 aromatic rings. The minimum absolute atomic E-state index is 0.0816. The van der Waals surface area contributed by atoms with Crippen molar-refractivity contribution < 1.29 is 9.47 Å². The number of rotatable bonds is 1. The Hall–Kier alpha value is -0.340. The number of ether oxygens (including phenoxy) is 2. The van der Waals surface area contributed by atoms with Gasteiger partial charge in [0.25, 0.3) is 0 Å². The Bertz CT molecular complexity index is 266. The van der Waals surface area contributed by atoms with Crippen molar-refractivity contribution >= 4 is 0 Å². The largest absolute Gasteiger partial charge is 0.347 e. The highest BCUT2D eigenvalue weighted by Crippen LogP contribution is 2.52. The topological polar surface area (TPSA) is 18.5 Å². The highest BCUT2D eigenvalue weighted by atomic mass is 16.7. The van der Waals surface area contributed by atoms with Crippen LogP contribution in [0.4, 0.5) is 0 Å². The predicted molar refractivity (Wildman–Crippen MR) is 60.5 cm³/mol. The molecule has 0 amide bonds. The summed E-state index contributed by atoms with van der Waals surface area (Å²) in [7, 11) is 0. The van der Waals surface area contributed by atoms with Gasteiger partial charge in [-0.15, -0.1) is 0 Å². The van der Waals surface area contributed by atoms with Gasteiger partial charge >= 0.3 is 0 Å². The van der Waals surface area contributed by atoms with Gasteiger partial charge in [-0.25, -0.2) is 0 Å².